The van der Waals surface area contributed by atoms with Gasteiger partial charge in [-0.2, -0.15) is 5.10 Å². The maximum absolute atomic E-state index is 8.53. The van der Waals surface area contributed by atoms with Crippen LogP contribution >= 0.6 is 0 Å². The van der Waals surface area contributed by atoms with E-state index in [1.165, 1.54) is 0 Å². The summed E-state index contributed by atoms with van der Waals surface area (Å²) < 4.78 is 1.78. The lowest BCUT2D eigenvalue weighted by Gasteiger charge is -2.14. The van der Waals surface area contributed by atoms with Gasteiger partial charge in [-0.3, -0.25) is 0 Å². The van der Waals surface area contributed by atoms with Gasteiger partial charge >= 0.3 is 0 Å². The number of aromatic nitrogens is 2. The molecular weight excluding hydrogens is 312 g/mol. The Morgan fingerprint density at radius 1 is 1.20 bits per heavy atom. The van der Waals surface area contributed by atoms with E-state index in [0.717, 1.165) is 27.7 Å². The van der Waals surface area contributed by atoms with Gasteiger partial charge in [0.2, 0.25) is 0 Å². The molecule has 0 saturated carbocycles. The smallest absolute Gasteiger partial charge is 0.127 e. The van der Waals surface area contributed by atoms with Gasteiger partial charge in [0.25, 0.3) is 0 Å². The molecule has 0 aliphatic heterocycles. The molecule has 128 valence electrons. The third-order valence-electron chi connectivity index (χ3n) is 4.23. The maximum Gasteiger partial charge on any atom is 0.127 e. The molecule has 3 aromatic rings. The molecule has 0 spiro atoms. The molecule has 0 radical (unpaired) electrons. The molecule has 0 unspecified atom stereocenters. The largest absolute Gasteiger partial charge is 0.384 e. The van der Waals surface area contributed by atoms with E-state index in [-0.39, 0.29) is 5.41 Å². The maximum atomic E-state index is 8.53. The van der Waals surface area contributed by atoms with Crippen molar-refractivity contribution in [3.8, 4) is 5.69 Å². The highest BCUT2D eigenvalue weighted by Gasteiger charge is 2.20. The zero-order valence-electron chi connectivity index (χ0n) is 14.8. The second-order valence-electron chi connectivity index (χ2n) is 7.15. The first-order chi connectivity index (χ1) is 11.9. The highest BCUT2D eigenvalue weighted by Crippen LogP contribution is 2.28. The first kappa shape index (κ1) is 16.9. The van der Waals surface area contributed by atoms with Crippen molar-refractivity contribution in [1.82, 2.24) is 9.78 Å². The van der Waals surface area contributed by atoms with E-state index in [9.17, 15) is 0 Å². The van der Waals surface area contributed by atoms with E-state index in [1.54, 1.807) is 4.68 Å². The van der Waals surface area contributed by atoms with Gasteiger partial charge in [0.15, 0.2) is 0 Å². The van der Waals surface area contributed by atoms with Crippen molar-refractivity contribution in [2.24, 2.45) is 5.11 Å². The number of nitrogens with two attached hydrogens (primary N) is 1. The molecule has 0 aliphatic carbocycles. The highest BCUT2D eigenvalue weighted by atomic mass is 15.3. The van der Waals surface area contributed by atoms with Crippen molar-refractivity contribution in [3.63, 3.8) is 0 Å². The van der Waals surface area contributed by atoms with E-state index in [2.05, 4.69) is 55.1 Å². The van der Waals surface area contributed by atoms with Crippen molar-refractivity contribution in [3.05, 3.63) is 64.2 Å². The molecule has 6 heteroatoms. The Hall–Kier alpha value is -2.98. The van der Waals surface area contributed by atoms with E-state index in [4.69, 9.17) is 16.4 Å². The monoisotopic (exact) mass is 334 g/mol. The van der Waals surface area contributed by atoms with Crippen LogP contribution in [0.5, 0.6) is 0 Å². The molecule has 0 bridgehead atoms. The van der Waals surface area contributed by atoms with Gasteiger partial charge < -0.3 is 5.73 Å². The van der Waals surface area contributed by atoms with E-state index < -0.39 is 0 Å². The first-order valence-corrected chi connectivity index (χ1v) is 8.29. The second-order valence-corrected chi connectivity index (χ2v) is 7.15. The summed E-state index contributed by atoms with van der Waals surface area (Å²) in [6.07, 6.45) is 0.672. The number of nitrogens with zero attached hydrogens (tertiary/aromatic N) is 5. The molecule has 25 heavy (non-hydrogen) atoms. The molecule has 2 N–H and O–H groups in total. The zero-order valence-corrected chi connectivity index (χ0v) is 14.8. The molecule has 0 atom stereocenters. The summed E-state index contributed by atoms with van der Waals surface area (Å²) in [4.78, 5) is 2.84. The van der Waals surface area contributed by atoms with Crippen LogP contribution < -0.4 is 5.73 Å². The van der Waals surface area contributed by atoms with Crippen molar-refractivity contribution in [2.45, 2.75) is 32.6 Å². The Morgan fingerprint density at radius 3 is 2.64 bits per heavy atom. The Balaban J connectivity index is 2.13. The normalized spacial score (nSPS) is 11.5. The fourth-order valence-electron chi connectivity index (χ4n) is 2.89. The number of hydrogen-bond acceptors (Lipinski definition) is 3. The quantitative estimate of drug-likeness (QED) is 0.423. The minimum Gasteiger partial charge on any atom is -0.384 e. The predicted octanol–water partition coefficient (Wildman–Crippen LogP) is 4.76. The van der Waals surface area contributed by atoms with Crippen molar-refractivity contribution in [2.75, 3.05) is 12.3 Å². The molecule has 2 aromatic carbocycles. The second kappa shape index (κ2) is 6.49. The van der Waals surface area contributed by atoms with Crippen molar-refractivity contribution >= 4 is 16.6 Å². The lowest BCUT2D eigenvalue weighted by atomic mass is 9.92. The number of rotatable bonds is 4. The van der Waals surface area contributed by atoms with Gasteiger partial charge in [0, 0.05) is 22.9 Å². The van der Waals surface area contributed by atoms with Crippen LogP contribution in [0, 0.1) is 0 Å². The van der Waals surface area contributed by atoms with Crippen LogP contribution in [0.15, 0.2) is 47.6 Å². The Morgan fingerprint density at radius 2 is 1.96 bits per heavy atom. The SMILES string of the molecule is CC(C)(C)c1cc(N)n(-c2cc(CCN=[N+]=[N-])c3ccccc3c2)n1. The third kappa shape index (κ3) is 3.44. The third-order valence-corrected chi connectivity index (χ3v) is 4.23. The first-order valence-electron chi connectivity index (χ1n) is 8.29. The number of azide groups is 1. The van der Waals surface area contributed by atoms with Gasteiger partial charge in [0.05, 0.1) is 11.4 Å². The summed E-state index contributed by atoms with van der Waals surface area (Å²) in [6, 6.07) is 14.3. The number of anilines is 1. The minimum absolute atomic E-state index is 0.0689. The van der Waals surface area contributed by atoms with Gasteiger partial charge in [-0.15, -0.1) is 0 Å². The van der Waals surface area contributed by atoms with Crippen LogP contribution in [0.25, 0.3) is 26.9 Å². The Labute approximate surface area is 146 Å². The van der Waals surface area contributed by atoms with Gasteiger partial charge in [0.1, 0.15) is 5.82 Å². The van der Waals surface area contributed by atoms with Crippen LogP contribution in [0.3, 0.4) is 0 Å². The molecule has 0 saturated heterocycles. The Bertz CT molecular complexity index is 958. The molecular formula is C19H22N6. The van der Waals surface area contributed by atoms with Crippen LogP contribution in [0.1, 0.15) is 32.0 Å². The topological polar surface area (TPSA) is 92.6 Å². The molecule has 3 rings (SSSR count). The Kier molecular flexibility index (Phi) is 4.38. The summed E-state index contributed by atoms with van der Waals surface area (Å²) in [5.74, 6) is 0.612. The highest BCUT2D eigenvalue weighted by molar-refractivity contribution is 5.88. The van der Waals surface area contributed by atoms with E-state index in [1.807, 2.05) is 18.2 Å². The number of nitrogen functional groups attached to an aromatic ring is 1. The average Bonchev–Trinajstić information content (AvgIpc) is 2.97. The summed E-state index contributed by atoms with van der Waals surface area (Å²) in [7, 11) is 0. The zero-order chi connectivity index (χ0) is 18.0. The molecule has 0 amide bonds. The number of hydrogen-bond donors (Lipinski definition) is 1. The van der Waals surface area contributed by atoms with E-state index >= 15 is 0 Å². The van der Waals surface area contributed by atoms with Gasteiger partial charge in [-0.1, -0.05) is 50.2 Å². The van der Waals surface area contributed by atoms with E-state index in [0.29, 0.717) is 18.8 Å². The number of benzene rings is 2. The van der Waals surface area contributed by atoms with Gasteiger partial charge in [-0.05, 0) is 40.4 Å². The molecule has 6 nitrogen and oxygen atoms in total. The standard InChI is InChI=1S/C19H22N6/c1-19(2,3)17-12-18(20)25(23-17)15-10-13-6-4-5-7-16(13)14(11-15)8-9-22-24-21/h4-7,10-12H,8-9,20H2,1-3H3. The summed E-state index contributed by atoms with van der Waals surface area (Å²) in [6.45, 7) is 6.77. The van der Waals surface area contributed by atoms with Crippen LogP contribution in [-0.2, 0) is 11.8 Å². The summed E-state index contributed by atoms with van der Waals surface area (Å²) in [5.41, 5.74) is 17.7. The predicted molar refractivity (Wildman–Crippen MR) is 102 cm³/mol. The lowest BCUT2D eigenvalue weighted by molar-refractivity contribution is 0.560. The van der Waals surface area contributed by atoms with Crippen molar-refractivity contribution < 1.29 is 0 Å². The minimum atomic E-state index is -0.0689. The average molecular weight is 334 g/mol. The van der Waals surface area contributed by atoms with Crippen LogP contribution in [0.2, 0.25) is 0 Å². The molecule has 1 aromatic heterocycles. The fraction of sp³-hybridized carbons (Fsp3) is 0.316. The number of fused-ring (bicyclic) bond motifs is 1. The molecule has 0 fully saturated rings. The van der Waals surface area contributed by atoms with Crippen LogP contribution in [0.4, 0.5) is 5.82 Å². The van der Waals surface area contributed by atoms with Gasteiger partial charge in [-0.25, -0.2) is 4.68 Å². The fourth-order valence-corrected chi connectivity index (χ4v) is 2.89. The molecule has 1 heterocycles. The molecule has 0 aliphatic rings. The lowest BCUT2D eigenvalue weighted by Crippen LogP contribution is -2.12. The van der Waals surface area contributed by atoms with Crippen LogP contribution in [-0.4, -0.2) is 16.3 Å². The summed E-state index contributed by atoms with van der Waals surface area (Å²) in [5, 5.41) is 10.6. The van der Waals surface area contributed by atoms with Crippen molar-refractivity contribution in [1.29, 1.82) is 0 Å². The summed E-state index contributed by atoms with van der Waals surface area (Å²) >= 11 is 0.